The summed E-state index contributed by atoms with van der Waals surface area (Å²) >= 11 is 0. The molecule has 0 aromatic rings. The molecule has 0 saturated heterocycles. The SMILES string of the molecule is CCCN(C(=O)NC)C(CC)(CC)CN. The number of nitrogens with one attached hydrogen (secondary N) is 1. The van der Waals surface area contributed by atoms with Crippen LogP contribution in [-0.2, 0) is 0 Å². The first-order valence-corrected chi connectivity index (χ1v) is 5.81. The summed E-state index contributed by atoms with van der Waals surface area (Å²) in [5.41, 5.74) is 5.65. The van der Waals surface area contributed by atoms with Gasteiger partial charge in [-0.3, -0.25) is 0 Å². The number of carbonyl (C=O) groups is 1. The van der Waals surface area contributed by atoms with Crippen molar-refractivity contribution in [3.05, 3.63) is 0 Å². The third kappa shape index (κ3) is 3.09. The predicted molar refractivity (Wildman–Crippen MR) is 63.8 cm³/mol. The molecule has 0 aliphatic rings. The highest BCUT2D eigenvalue weighted by atomic mass is 16.2. The maximum absolute atomic E-state index is 11.8. The van der Waals surface area contributed by atoms with Crippen molar-refractivity contribution in [3.63, 3.8) is 0 Å². The average molecular weight is 215 g/mol. The van der Waals surface area contributed by atoms with Crippen LogP contribution in [0.4, 0.5) is 4.79 Å². The zero-order chi connectivity index (χ0) is 11.9. The number of nitrogens with zero attached hydrogens (tertiary/aromatic N) is 1. The summed E-state index contributed by atoms with van der Waals surface area (Å²) in [6, 6.07) is -0.0222. The molecule has 0 unspecified atom stereocenters. The van der Waals surface area contributed by atoms with Crippen LogP contribution >= 0.6 is 0 Å². The molecule has 0 aromatic heterocycles. The Morgan fingerprint density at radius 3 is 2.13 bits per heavy atom. The second kappa shape index (κ2) is 6.67. The fourth-order valence-electron chi connectivity index (χ4n) is 1.94. The van der Waals surface area contributed by atoms with Crippen molar-refractivity contribution < 1.29 is 4.79 Å². The van der Waals surface area contributed by atoms with E-state index in [0.717, 1.165) is 25.8 Å². The van der Waals surface area contributed by atoms with Gasteiger partial charge >= 0.3 is 6.03 Å². The molecule has 0 bridgehead atoms. The second-order valence-electron chi connectivity index (χ2n) is 3.84. The topological polar surface area (TPSA) is 58.4 Å². The highest BCUT2D eigenvalue weighted by molar-refractivity contribution is 5.74. The van der Waals surface area contributed by atoms with Gasteiger partial charge in [-0.25, -0.2) is 4.79 Å². The van der Waals surface area contributed by atoms with Crippen molar-refractivity contribution in [2.75, 3.05) is 20.1 Å². The maximum Gasteiger partial charge on any atom is 0.317 e. The van der Waals surface area contributed by atoms with Gasteiger partial charge in [0.1, 0.15) is 0 Å². The zero-order valence-corrected chi connectivity index (χ0v) is 10.5. The number of carbonyl (C=O) groups excluding carboxylic acids is 1. The molecule has 3 N–H and O–H groups in total. The van der Waals surface area contributed by atoms with Crippen LogP contribution in [0.1, 0.15) is 40.0 Å². The molecule has 15 heavy (non-hydrogen) atoms. The van der Waals surface area contributed by atoms with Crippen molar-refractivity contribution in [1.82, 2.24) is 10.2 Å². The molecular formula is C11H25N3O. The van der Waals surface area contributed by atoms with Crippen LogP contribution in [0.2, 0.25) is 0 Å². The molecule has 0 spiro atoms. The molecule has 4 heteroatoms. The van der Waals surface area contributed by atoms with E-state index in [0.29, 0.717) is 6.54 Å². The lowest BCUT2D eigenvalue weighted by molar-refractivity contribution is 0.109. The fourth-order valence-corrected chi connectivity index (χ4v) is 1.94. The first kappa shape index (κ1) is 14.2. The van der Waals surface area contributed by atoms with Gasteiger partial charge in [-0.2, -0.15) is 0 Å². The molecule has 0 rings (SSSR count). The molecule has 0 aliphatic carbocycles. The Morgan fingerprint density at radius 1 is 1.33 bits per heavy atom. The highest BCUT2D eigenvalue weighted by Crippen LogP contribution is 2.23. The quantitative estimate of drug-likeness (QED) is 0.706. The van der Waals surface area contributed by atoms with Gasteiger partial charge in [-0.1, -0.05) is 20.8 Å². The van der Waals surface area contributed by atoms with E-state index in [9.17, 15) is 4.79 Å². The van der Waals surface area contributed by atoms with Crippen LogP contribution in [0.15, 0.2) is 0 Å². The first-order chi connectivity index (χ1) is 7.11. The molecule has 0 heterocycles. The van der Waals surface area contributed by atoms with E-state index in [1.54, 1.807) is 7.05 Å². The van der Waals surface area contributed by atoms with Crippen molar-refractivity contribution >= 4 is 6.03 Å². The van der Waals surface area contributed by atoms with Crippen LogP contribution in [-0.4, -0.2) is 36.6 Å². The standard InChI is InChI=1S/C11H25N3O/c1-5-8-14(10(15)13-4)11(6-2,7-3)9-12/h5-9,12H2,1-4H3,(H,13,15). The second-order valence-corrected chi connectivity index (χ2v) is 3.84. The number of hydrogen-bond acceptors (Lipinski definition) is 2. The Balaban J connectivity index is 4.90. The van der Waals surface area contributed by atoms with E-state index in [-0.39, 0.29) is 11.6 Å². The van der Waals surface area contributed by atoms with E-state index in [4.69, 9.17) is 5.73 Å². The Labute approximate surface area is 93.2 Å². The summed E-state index contributed by atoms with van der Waals surface area (Å²) in [5.74, 6) is 0. The van der Waals surface area contributed by atoms with E-state index in [2.05, 4.69) is 26.1 Å². The minimum Gasteiger partial charge on any atom is -0.341 e. The Kier molecular flexibility index (Phi) is 6.32. The Hall–Kier alpha value is -0.770. The van der Waals surface area contributed by atoms with Gasteiger partial charge < -0.3 is 16.0 Å². The van der Waals surface area contributed by atoms with E-state index >= 15 is 0 Å². The van der Waals surface area contributed by atoms with Gasteiger partial charge in [0, 0.05) is 20.1 Å². The van der Waals surface area contributed by atoms with Crippen LogP contribution in [0.25, 0.3) is 0 Å². The van der Waals surface area contributed by atoms with E-state index in [1.165, 1.54) is 0 Å². The van der Waals surface area contributed by atoms with Gasteiger partial charge in [0.2, 0.25) is 0 Å². The van der Waals surface area contributed by atoms with Crippen molar-refractivity contribution in [1.29, 1.82) is 0 Å². The summed E-state index contributed by atoms with van der Waals surface area (Å²) in [5, 5.41) is 2.69. The molecule has 0 aliphatic heterocycles. The molecule has 4 nitrogen and oxygen atoms in total. The third-order valence-corrected chi connectivity index (χ3v) is 3.18. The fraction of sp³-hybridized carbons (Fsp3) is 0.909. The Morgan fingerprint density at radius 2 is 1.87 bits per heavy atom. The van der Waals surface area contributed by atoms with Crippen LogP contribution in [0, 0.1) is 0 Å². The van der Waals surface area contributed by atoms with Gasteiger partial charge in [0.25, 0.3) is 0 Å². The largest absolute Gasteiger partial charge is 0.341 e. The lowest BCUT2D eigenvalue weighted by Gasteiger charge is -2.42. The van der Waals surface area contributed by atoms with Crippen LogP contribution in [0.5, 0.6) is 0 Å². The summed E-state index contributed by atoms with van der Waals surface area (Å²) in [4.78, 5) is 13.7. The summed E-state index contributed by atoms with van der Waals surface area (Å²) in [6.45, 7) is 7.53. The number of amides is 2. The van der Waals surface area contributed by atoms with E-state index in [1.807, 2.05) is 4.90 Å². The normalized spacial score (nSPS) is 11.3. The summed E-state index contributed by atoms with van der Waals surface area (Å²) in [6.07, 6.45) is 2.75. The number of hydrogen-bond donors (Lipinski definition) is 2. The maximum atomic E-state index is 11.8. The lowest BCUT2D eigenvalue weighted by atomic mass is 9.90. The lowest BCUT2D eigenvalue weighted by Crippen LogP contribution is -2.58. The highest BCUT2D eigenvalue weighted by Gasteiger charge is 2.34. The molecule has 2 amide bonds. The Bertz CT molecular complexity index is 182. The summed E-state index contributed by atoms with van der Waals surface area (Å²) in [7, 11) is 1.66. The average Bonchev–Trinajstić information content (AvgIpc) is 2.29. The van der Waals surface area contributed by atoms with Crippen molar-refractivity contribution in [2.45, 2.75) is 45.6 Å². The molecular weight excluding hydrogens is 190 g/mol. The summed E-state index contributed by atoms with van der Waals surface area (Å²) < 4.78 is 0. The van der Waals surface area contributed by atoms with Gasteiger partial charge in [0.05, 0.1) is 5.54 Å². The van der Waals surface area contributed by atoms with Crippen molar-refractivity contribution in [3.8, 4) is 0 Å². The number of urea groups is 1. The predicted octanol–water partition coefficient (Wildman–Crippen LogP) is 1.56. The van der Waals surface area contributed by atoms with Gasteiger partial charge in [-0.05, 0) is 19.3 Å². The van der Waals surface area contributed by atoms with Crippen molar-refractivity contribution in [2.24, 2.45) is 5.73 Å². The first-order valence-electron chi connectivity index (χ1n) is 5.81. The molecule has 0 saturated carbocycles. The molecule has 0 atom stereocenters. The van der Waals surface area contributed by atoms with Gasteiger partial charge in [-0.15, -0.1) is 0 Å². The minimum atomic E-state index is -0.184. The van der Waals surface area contributed by atoms with Crippen LogP contribution < -0.4 is 11.1 Å². The van der Waals surface area contributed by atoms with Crippen LogP contribution in [0.3, 0.4) is 0 Å². The molecule has 90 valence electrons. The molecule has 0 radical (unpaired) electrons. The van der Waals surface area contributed by atoms with Gasteiger partial charge in [0.15, 0.2) is 0 Å². The number of rotatable bonds is 6. The smallest absolute Gasteiger partial charge is 0.317 e. The van der Waals surface area contributed by atoms with E-state index < -0.39 is 0 Å². The zero-order valence-electron chi connectivity index (χ0n) is 10.5. The minimum absolute atomic E-state index is 0.0222. The third-order valence-electron chi connectivity index (χ3n) is 3.18. The monoisotopic (exact) mass is 215 g/mol. The molecule has 0 aromatic carbocycles. The number of nitrogens with two attached hydrogens (primary N) is 1. The molecule has 0 fully saturated rings.